The van der Waals surface area contributed by atoms with Crippen LogP contribution in [0.2, 0.25) is 0 Å². The van der Waals surface area contributed by atoms with E-state index in [1.165, 1.54) is 0 Å². The van der Waals surface area contributed by atoms with Crippen molar-refractivity contribution in [1.29, 1.82) is 0 Å². The molecule has 0 saturated carbocycles. The zero-order valence-corrected chi connectivity index (χ0v) is 10.0. The van der Waals surface area contributed by atoms with Crippen LogP contribution in [-0.2, 0) is 11.8 Å². The number of aliphatic hydroxyl groups is 1. The summed E-state index contributed by atoms with van der Waals surface area (Å²) in [6.07, 6.45) is 2.27. The molecule has 1 aromatic rings. The number of ether oxygens (including phenoxy) is 1. The first kappa shape index (κ1) is 12.8. The third-order valence-electron chi connectivity index (χ3n) is 2.34. The zero-order valence-electron chi connectivity index (χ0n) is 10.0. The normalized spacial score (nSPS) is 14.8. The van der Waals surface area contributed by atoms with Crippen LogP contribution < -0.4 is 11.1 Å². The second kappa shape index (κ2) is 5.18. The number of nitrogens with zero attached hydrogens (tertiary/aromatic N) is 2. The van der Waals surface area contributed by atoms with Crippen molar-refractivity contribution < 1.29 is 9.84 Å². The van der Waals surface area contributed by atoms with Gasteiger partial charge in [-0.2, -0.15) is 5.10 Å². The summed E-state index contributed by atoms with van der Waals surface area (Å²) in [5, 5.41) is 17.1. The highest BCUT2D eigenvalue weighted by atomic mass is 16.5. The van der Waals surface area contributed by atoms with Gasteiger partial charge < -0.3 is 20.9 Å². The van der Waals surface area contributed by atoms with E-state index in [4.69, 9.17) is 10.5 Å². The average Bonchev–Trinajstić information content (AvgIpc) is 2.52. The van der Waals surface area contributed by atoms with Crippen molar-refractivity contribution in [2.75, 3.05) is 31.3 Å². The van der Waals surface area contributed by atoms with Gasteiger partial charge in [-0.1, -0.05) is 0 Å². The van der Waals surface area contributed by atoms with E-state index in [-0.39, 0.29) is 0 Å². The molecule has 1 aromatic heterocycles. The van der Waals surface area contributed by atoms with Crippen molar-refractivity contribution in [1.82, 2.24) is 9.78 Å². The Hall–Kier alpha value is -1.27. The molecule has 0 aliphatic rings. The van der Waals surface area contributed by atoms with Crippen molar-refractivity contribution >= 4 is 11.5 Å². The second-order valence-corrected chi connectivity index (χ2v) is 4.20. The molecule has 0 radical (unpaired) electrons. The van der Waals surface area contributed by atoms with Crippen LogP contribution in [0.3, 0.4) is 0 Å². The van der Waals surface area contributed by atoms with E-state index in [0.717, 1.165) is 0 Å². The van der Waals surface area contributed by atoms with Crippen LogP contribution in [-0.4, -0.2) is 40.7 Å². The number of rotatable bonds is 6. The summed E-state index contributed by atoms with van der Waals surface area (Å²) in [5.74, 6) is 0.597. The molecule has 6 nitrogen and oxygen atoms in total. The van der Waals surface area contributed by atoms with Crippen LogP contribution in [0.4, 0.5) is 11.5 Å². The van der Waals surface area contributed by atoms with Crippen molar-refractivity contribution in [2.24, 2.45) is 7.05 Å². The lowest BCUT2D eigenvalue weighted by Crippen LogP contribution is -2.34. The van der Waals surface area contributed by atoms with Crippen molar-refractivity contribution in [3.63, 3.8) is 0 Å². The number of nitrogens with two attached hydrogens (primary N) is 1. The monoisotopic (exact) mass is 228 g/mol. The van der Waals surface area contributed by atoms with E-state index in [0.29, 0.717) is 31.1 Å². The number of hydrogen-bond donors (Lipinski definition) is 3. The van der Waals surface area contributed by atoms with Gasteiger partial charge in [0.05, 0.1) is 11.3 Å². The number of aryl methyl sites for hydroxylation is 1. The van der Waals surface area contributed by atoms with Crippen LogP contribution in [0.25, 0.3) is 0 Å². The molecule has 0 aliphatic carbocycles. The molecule has 1 rings (SSSR count). The number of nitrogens with one attached hydrogen (secondary N) is 1. The molecule has 1 atom stereocenters. The number of nitrogen functional groups attached to an aromatic ring is 1. The Bertz CT molecular complexity index is 336. The molecule has 0 fully saturated rings. The van der Waals surface area contributed by atoms with Gasteiger partial charge in [0.1, 0.15) is 0 Å². The standard InChI is InChI=1S/C10H20N4O2/c1-10(15,4-5-16-3)7-12-9-8(11)6-14(2)13-9/h6,15H,4-5,7,11H2,1-3H3,(H,12,13). The lowest BCUT2D eigenvalue weighted by atomic mass is 10.0. The summed E-state index contributed by atoms with van der Waals surface area (Å²) in [7, 11) is 3.41. The molecule has 0 spiro atoms. The topological polar surface area (TPSA) is 85.3 Å². The highest BCUT2D eigenvalue weighted by molar-refractivity contribution is 5.59. The zero-order chi connectivity index (χ0) is 12.2. The van der Waals surface area contributed by atoms with Gasteiger partial charge >= 0.3 is 0 Å². The molecule has 0 aliphatic heterocycles. The molecule has 0 saturated heterocycles. The van der Waals surface area contributed by atoms with Gasteiger partial charge in [-0.3, -0.25) is 4.68 Å². The number of anilines is 2. The van der Waals surface area contributed by atoms with Crippen LogP contribution >= 0.6 is 0 Å². The maximum atomic E-state index is 9.99. The maximum Gasteiger partial charge on any atom is 0.171 e. The molecule has 1 heterocycles. The van der Waals surface area contributed by atoms with Crippen molar-refractivity contribution in [3.05, 3.63) is 6.20 Å². The molecule has 0 amide bonds. The molecule has 92 valence electrons. The summed E-state index contributed by atoms with van der Waals surface area (Å²) in [5.41, 5.74) is 5.46. The number of methoxy groups -OCH3 is 1. The molecule has 0 bridgehead atoms. The average molecular weight is 228 g/mol. The first-order valence-electron chi connectivity index (χ1n) is 5.19. The minimum absolute atomic E-state index is 0.386. The molecular formula is C10H20N4O2. The highest BCUT2D eigenvalue weighted by Crippen LogP contribution is 2.16. The second-order valence-electron chi connectivity index (χ2n) is 4.20. The first-order chi connectivity index (χ1) is 7.44. The van der Waals surface area contributed by atoms with Crippen molar-refractivity contribution in [2.45, 2.75) is 18.9 Å². The summed E-state index contributed by atoms with van der Waals surface area (Å²) >= 11 is 0. The Labute approximate surface area is 95.4 Å². The van der Waals surface area contributed by atoms with Gasteiger partial charge in [-0.05, 0) is 6.92 Å². The largest absolute Gasteiger partial charge is 0.394 e. The van der Waals surface area contributed by atoms with Gasteiger partial charge in [0.25, 0.3) is 0 Å². The Morgan fingerprint density at radius 3 is 2.88 bits per heavy atom. The molecule has 16 heavy (non-hydrogen) atoms. The lowest BCUT2D eigenvalue weighted by Gasteiger charge is -2.23. The van der Waals surface area contributed by atoms with Crippen LogP contribution in [0.5, 0.6) is 0 Å². The summed E-state index contributed by atoms with van der Waals surface area (Å²) in [6, 6.07) is 0. The fourth-order valence-corrected chi connectivity index (χ4v) is 1.33. The van der Waals surface area contributed by atoms with Crippen molar-refractivity contribution in [3.8, 4) is 0 Å². The Balaban J connectivity index is 2.47. The van der Waals surface area contributed by atoms with Gasteiger partial charge in [0.2, 0.25) is 0 Å². The summed E-state index contributed by atoms with van der Waals surface area (Å²) in [6.45, 7) is 2.65. The van der Waals surface area contributed by atoms with Crippen LogP contribution in [0.15, 0.2) is 6.20 Å². The summed E-state index contributed by atoms with van der Waals surface area (Å²) in [4.78, 5) is 0. The Kier molecular flexibility index (Phi) is 4.14. The highest BCUT2D eigenvalue weighted by Gasteiger charge is 2.20. The first-order valence-corrected chi connectivity index (χ1v) is 5.19. The molecule has 6 heteroatoms. The predicted octanol–water partition coefficient (Wildman–Crippen LogP) is 0.202. The number of aromatic nitrogens is 2. The maximum absolute atomic E-state index is 9.99. The van der Waals surface area contributed by atoms with Crippen LogP contribution in [0, 0.1) is 0 Å². The van der Waals surface area contributed by atoms with Gasteiger partial charge in [-0.15, -0.1) is 0 Å². The van der Waals surface area contributed by atoms with E-state index in [2.05, 4.69) is 10.4 Å². The Morgan fingerprint density at radius 2 is 2.38 bits per heavy atom. The summed E-state index contributed by atoms with van der Waals surface area (Å²) < 4.78 is 6.55. The fraction of sp³-hybridized carbons (Fsp3) is 0.700. The minimum atomic E-state index is -0.833. The molecule has 0 aromatic carbocycles. The molecule has 1 unspecified atom stereocenters. The van der Waals surface area contributed by atoms with E-state index >= 15 is 0 Å². The van der Waals surface area contributed by atoms with Gasteiger partial charge in [0.15, 0.2) is 5.82 Å². The predicted molar refractivity (Wildman–Crippen MR) is 63.2 cm³/mol. The third-order valence-corrected chi connectivity index (χ3v) is 2.34. The van der Waals surface area contributed by atoms with Crippen LogP contribution in [0.1, 0.15) is 13.3 Å². The van der Waals surface area contributed by atoms with E-state index in [9.17, 15) is 5.11 Å². The quantitative estimate of drug-likeness (QED) is 0.647. The van der Waals surface area contributed by atoms with E-state index in [1.807, 2.05) is 0 Å². The van der Waals surface area contributed by atoms with Gasteiger partial charge in [-0.25, -0.2) is 0 Å². The molecule has 4 N–H and O–H groups in total. The SMILES string of the molecule is COCCC(C)(O)CNc1nn(C)cc1N. The molecular weight excluding hydrogens is 208 g/mol. The smallest absolute Gasteiger partial charge is 0.171 e. The Morgan fingerprint density at radius 1 is 1.69 bits per heavy atom. The number of hydrogen-bond acceptors (Lipinski definition) is 5. The third kappa shape index (κ3) is 3.71. The van der Waals surface area contributed by atoms with Gasteiger partial charge in [0, 0.05) is 39.9 Å². The van der Waals surface area contributed by atoms with E-state index in [1.54, 1.807) is 32.0 Å². The minimum Gasteiger partial charge on any atom is -0.394 e. The van der Waals surface area contributed by atoms with E-state index < -0.39 is 5.60 Å². The lowest BCUT2D eigenvalue weighted by molar-refractivity contribution is 0.0357. The fourth-order valence-electron chi connectivity index (χ4n) is 1.33.